The van der Waals surface area contributed by atoms with Crippen LogP contribution in [-0.2, 0) is 11.2 Å². The fourth-order valence-electron chi connectivity index (χ4n) is 2.75. The number of carbonyl (C=O) groups is 2. The second kappa shape index (κ2) is 9.79. The molecule has 2 aromatic carbocycles. The summed E-state index contributed by atoms with van der Waals surface area (Å²) in [6, 6.07) is 14.5. The largest absolute Gasteiger partial charge is 0.496 e. The van der Waals surface area contributed by atoms with Crippen molar-refractivity contribution in [1.29, 1.82) is 0 Å². The second-order valence-electron chi connectivity index (χ2n) is 6.32. The van der Waals surface area contributed by atoms with E-state index < -0.39 is 0 Å². The minimum absolute atomic E-state index is 0.0739. The van der Waals surface area contributed by atoms with E-state index in [1.54, 1.807) is 31.4 Å². The van der Waals surface area contributed by atoms with Crippen LogP contribution in [0.25, 0.3) is 0 Å². The molecule has 0 aliphatic rings. The van der Waals surface area contributed by atoms with E-state index in [-0.39, 0.29) is 11.8 Å². The van der Waals surface area contributed by atoms with Gasteiger partial charge in [-0.3, -0.25) is 14.9 Å². The lowest BCUT2D eigenvalue weighted by atomic mass is 10.1. The third kappa shape index (κ3) is 5.61. The van der Waals surface area contributed by atoms with Crippen LogP contribution in [-0.4, -0.2) is 29.1 Å². The molecule has 0 atom stereocenters. The summed E-state index contributed by atoms with van der Waals surface area (Å²) in [4.78, 5) is 24.3. The van der Waals surface area contributed by atoms with Gasteiger partial charge in [0, 0.05) is 29.7 Å². The molecule has 0 saturated heterocycles. The van der Waals surface area contributed by atoms with Crippen LogP contribution in [0.2, 0.25) is 0 Å². The first-order valence-electron chi connectivity index (χ1n) is 9.24. The summed E-state index contributed by atoms with van der Waals surface area (Å²) in [5.41, 5.74) is 2.02. The predicted molar refractivity (Wildman–Crippen MR) is 114 cm³/mol. The number of para-hydroxylation sites is 1. The summed E-state index contributed by atoms with van der Waals surface area (Å²) in [6.07, 6.45) is 1.77. The van der Waals surface area contributed by atoms with Gasteiger partial charge in [-0.15, -0.1) is 10.2 Å². The standard InChI is InChI=1S/C21H22N4O3S/c1-3-7-18(26)22-16-10-6-9-15(12-16)20(27)23-21-25-24-19(29-21)13-14-8-4-5-11-17(14)28-2/h4-6,8-12H,3,7,13H2,1-2H3,(H,22,26)(H,23,25,27). The van der Waals surface area contributed by atoms with Crippen molar-refractivity contribution in [2.45, 2.75) is 26.2 Å². The maximum atomic E-state index is 12.5. The Kier molecular flexibility index (Phi) is 6.91. The number of carbonyl (C=O) groups excluding carboxylic acids is 2. The third-order valence-corrected chi connectivity index (χ3v) is 4.95. The Morgan fingerprint density at radius 1 is 1.07 bits per heavy atom. The highest BCUT2D eigenvalue weighted by Gasteiger charge is 2.13. The highest BCUT2D eigenvalue weighted by atomic mass is 32.1. The van der Waals surface area contributed by atoms with Gasteiger partial charge in [0.25, 0.3) is 5.91 Å². The van der Waals surface area contributed by atoms with Crippen molar-refractivity contribution >= 4 is 34.0 Å². The van der Waals surface area contributed by atoms with E-state index in [0.29, 0.717) is 29.2 Å². The van der Waals surface area contributed by atoms with Gasteiger partial charge < -0.3 is 10.1 Å². The molecule has 2 N–H and O–H groups in total. The van der Waals surface area contributed by atoms with Crippen LogP contribution in [0, 0.1) is 0 Å². The zero-order valence-electron chi connectivity index (χ0n) is 16.3. The zero-order chi connectivity index (χ0) is 20.6. The fourth-order valence-corrected chi connectivity index (χ4v) is 3.50. The van der Waals surface area contributed by atoms with Gasteiger partial charge in [0.1, 0.15) is 10.8 Å². The number of hydrogen-bond acceptors (Lipinski definition) is 6. The van der Waals surface area contributed by atoms with E-state index in [4.69, 9.17) is 4.74 Å². The monoisotopic (exact) mass is 410 g/mol. The molecule has 3 aromatic rings. The molecule has 8 heteroatoms. The maximum Gasteiger partial charge on any atom is 0.257 e. The number of amides is 2. The van der Waals surface area contributed by atoms with Crippen molar-refractivity contribution in [2.24, 2.45) is 0 Å². The van der Waals surface area contributed by atoms with Gasteiger partial charge >= 0.3 is 0 Å². The van der Waals surface area contributed by atoms with E-state index in [2.05, 4.69) is 20.8 Å². The van der Waals surface area contributed by atoms with Gasteiger partial charge in [-0.1, -0.05) is 42.5 Å². The number of nitrogens with zero attached hydrogens (tertiary/aromatic N) is 2. The van der Waals surface area contributed by atoms with Crippen molar-refractivity contribution in [3.8, 4) is 5.75 Å². The normalized spacial score (nSPS) is 10.4. The number of nitrogens with one attached hydrogen (secondary N) is 2. The molecule has 7 nitrogen and oxygen atoms in total. The summed E-state index contributed by atoms with van der Waals surface area (Å²) in [5.74, 6) is 0.405. The molecule has 0 saturated carbocycles. The molecule has 3 rings (SSSR count). The van der Waals surface area contributed by atoms with Gasteiger partial charge in [-0.25, -0.2) is 0 Å². The SMILES string of the molecule is CCCC(=O)Nc1cccc(C(=O)Nc2nnc(Cc3ccccc3OC)s2)c1. The van der Waals surface area contributed by atoms with Crippen molar-refractivity contribution in [1.82, 2.24) is 10.2 Å². The molecule has 2 amide bonds. The molecule has 0 bridgehead atoms. The van der Waals surface area contributed by atoms with Crippen LogP contribution in [0.1, 0.15) is 40.7 Å². The first-order valence-corrected chi connectivity index (χ1v) is 10.1. The van der Waals surface area contributed by atoms with Gasteiger partial charge in [0.05, 0.1) is 7.11 Å². The molecular formula is C21H22N4O3S. The Morgan fingerprint density at radius 3 is 2.69 bits per heavy atom. The van der Waals surface area contributed by atoms with E-state index in [0.717, 1.165) is 22.7 Å². The number of rotatable bonds is 8. The highest BCUT2D eigenvalue weighted by molar-refractivity contribution is 7.15. The van der Waals surface area contributed by atoms with Crippen LogP contribution in [0.4, 0.5) is 10.8 Å². The van der Waals surface area contributed by atoms with Gasteiger partial charge in [0.15, 0.2) is 0 Å². The summed E-state index contributed by atoms with van der Waals surface area (Å²) in [6.45, 7) is 1.94. The molecule has 29 heavy (non-hydrogen) atoms. The number of ether oxygens (including phenoxy) is 1. The number of anilines is 2. The first-order chi connectivity index (χ1) is 14.1. The second-order valence-corrected chi connectivity index (χ2v) is 7.38. The molecular weight excluding hydrogens is 388 g/mol. The number of benzene rings is 2. The van der Waals surface area contributed by atoms with Crippen LogP contribution in [0.15, 0.2) is 48.5 Å². The lowest BCUT2D eigenvalue weighted by molar-refractivity contribution is -0.116. The zero-order valence-corrected chi connectivity index (χ0v) is 17.1. The van der Waals surface area contributed by atoms with Crippen LogP contribution >= 0.6 is 11.3 Å². The number of methoxy groups -OCH3 is 1. The molecule has 0 aliphatic carbocycles. The summed E-state index contributed by atoms with van der Waals surface area (Å²) < 4.78 is 5.36. The lowest BCUT2D eigenvalue weighted by Crippen LogP contribution is -2.14. The van der Waals surface area contributed by atoms with Gasteiger partial charge in [0.2, 0.25) is 11.0 Å². The molecule has 0 radical (unpaired) electrons. The molecule has 0 fully saturated rings. The topological polar surface area (TPSA) is 93.2 Å². The fraction of sp³-hybridized carbons (Fsp3) is 0.238. The van der Waals surface area contributed by atoms with E-state index >= 15 is 0 Å². The molecule has 0 aliphatic heterocycles. The summed E-state index contributed by atoms with van der Waals surface area (Å²) >= 11 is 1.31. The van der Waals surface area contributed by atoms with E-state index in [1.807, 2.05) is 31.2 Å². The summed E-state index contributed by atoms with van der Waals surface area (Å²) in [7, 11) is 1.63. The Bertz CT molecular complexity index is 1000. The van der Waals surface area contributed by atoms with Crippen LogP contribution < -0.4 is 15.4 Å². The summed E-state index contributed by atoms with van der Waals surface area (Å²) in [5, 5.41) is 14.9. The van der Waals surface area contributed by atoms with Crippen molar-refractivity contribution < 1.29 is 14.3 Å². The molecule has 150 valence electrons. The van der Waals surface area contributed by atoms with E-state index in [9.17, 15) is 9.59 Å². The van der Waals surface area contributed by atoms with Crippen molar-refractivity contribution in [3.05, 3.63) is 64.7 Å². The molecule has 1 aromatic heterocycles. The quantitative estimate of drug-likeness (QED) is 0.582. The van der Waals surface area contributed by atoms with Crippen LogP contribution in [0.5, 0.6) is 5.75 Å². The Hall–Kier alpha value is -3.26. The third-order valence-electron chi connectivity index (χ3n) is 4.11. The van der Waals surface area contributed by atoms with Gasteiger partial charge in [-0.2, -0.15) is 0 Å². The Labute approximate surface area is 173 Å². The van der Waals surface area contributed by atoms with Crippen LogP contribution in [0.3, 0.4) is 0 Å². The minimum atomic E-state index is -0.309. The Balaban J connectivity index is 1.65. The Morgan fingerprint density at radius 2 is 1.90 bits per heavy atom. The molecule has 0 unspecified atom stereocenters. The minimum Gasteiger partial charge on any atom is -0.496 e. The molecule has 1 heterocycles. The van der Waals surface area contributed by atoms with Crippen molar-refractivity contribution in [2.75, 3.05) is 17.7 Å². The van der Waals surface area contributed by atoms with E-state index in [1.165, 1.54) is 11.3 Å². The average Bonchev–Trinajstić information content (AvgIpc) is 3.15. The highest BCUT2D eigenvalue weighted by Crippen LogP contribution is 2.24. The van der Waals surface area contributed by atoms with Gasteiger partial charge in [-0.05, 0) is 30.7 Å². The average molecular weight is 410 g/mol. The maximum absolute atomic E-state index is 12.5. The number of hydrogen-bond donors (Lipinski definition) is 2. The first kappa shape index (κ1) is 20.5. The predicted octanol–water partition coefficient (Wildman–Crippen LogP) is 4.13. The molecule has 0 spiro atoms. The van der Waals surface area contributed by atoms with Crippen molar-refractivity contribution in [3.63, 3.8) is 0 Å². The number of aromatic nitrogens is 2. The smallest absolute Gasteiger partial charge is 0.257 e. The lowest BCUT2D eigenvalue weighted by Gasteiger charge is -2.07.